The zero-order chi connectivity index (χ0) is 23.7. The van der Waals surface area contributed by atoms with Gasteiger partial charge in [0.05, 0.1) is 16.8 Å². The van der Waals surface area contributed by atoms with Crippen molar-refractivity contribution in [2.75, 3.05) is 25.4 Å². The predicted molar refractivity (Wildman–Crippen MR) is 127 cm³/mol. The molecule has 3 aromatic heterocycles. The lowest BCUT2D eigenvalue weighted by Gasteiger charge is -2.18. The molecule has 176 valence electrons. The minimum atomic E-state index is -0.122. The van der Waals surface area contributed by atoms with Crippen molar-refractivity contribution < 1.29 is 9.42 Å². The Kier molecular flexibility index (Phi) is 5.95. The second-order valence-electron chi connectivity index (χ2n) is 8.46. The van der Waals surface area contributed by atoms with Gasteiger partial charge >= 0.3 is 0 Å². The number of unbranched alkanes of at least 4 members (excludes halogenated alkanes) is 1. The lowest BCUT2D eigenvalue weighted by atomic mass is 10.1. The van der Waals surface area contributed by atoms with Gasteiger partial charge in [0.15, 0.2) is 17.3 Å². The number of imidazole rings is 1. The summed E-state index contributed by atoms with van der Waals surface area (Å²) in [7, 11) is 0. The molecule has 1 unspecified atom stereocenters. The lowest BCUT2D eigenvalue weighted by Crippen LogP contribution is -2.32. The second kappa shape index (κ2) is 9.20. The van der Waals surface area contributed by atoms with Gasteiger partial charge in [0.25, 0.3) is 5.91 Å². The van der Waals surface area contributed by atoms with Crippen molar-refractivity contribution >= 4 is 22.8 Å². The van der Waals surface area contributed by atoms with E-state index in [0.29, 0.717) is 60.0 Å². The van der Waals surface area contributed by atoms with Gasteiger partial charge < -0.3 is 26.7 Å². The lowest BCUT2D eigenvalue weighted by molar-refractivity contribution is 0.0792. The Balaban J connectivity index is 1.76. The minimum Gasteiger partial charge on any atom is -0.379 e. The quantitative estimate of drug-likeness (QED) is 0.346. The number of fused-ring (bicyclic) bond motifs is 1. The number of nitrogen functional groups attached to an aromatic ring is 1. The highest BCUT2D eigenvalue weighted by Gasteiger charge is 2.30. The molecule has 1 fully saturated rings. The molecule has 1 atom stereocenters. The molecule has 1 aliphatic rings. The number of anilines is 1. The Morgan fingerprint density at radius 1 is 1.15 bits per heavy atom. The largest absolute Gasteiger partial charge is 0.379 e. The van der Waals surface area contributed by atoms with Gasteiger partial charge in [-0.3, -0.25) is 9.78 Å². The number of aromatic nitrogens is 5. The first-order valence-electron chi connectivity index (χ1n) is 11.4. The maximum absolute atomic E-state index is 13.6. The zero-order valence-electron chi connectivity index (χ0n) is 18.7. The van der Waals surface area contributed by atoms with E-state index < -0.39 is 0 Å². The van der Waals surface area contributed by atoms with E-state index in [0.717, 1.165) is 24.8 Å². The first kappa shape index (κ1) is 22.0. The summed E-state index contributed by atoms with van der Waals surface area (Å²) in [5.74, 6) is 0.481. The Hall–Kier alpha value is -3.83. The summed E-state index contributed by atoms with van der Waals surface area (Å²) in [5.41, 5.74) is 21.5. The van der Waals surface area contributed by atoms with Gasteiger partial charge in [-0.25, -0.2) is 9.61 Å². The molecule has 5 rings (SSSR count). The summed E-state index contributed by atoms with van der Waals surface area (Å²) in [5, 5.41) is 7.71. The zero-order valence-corrected chi connectivity index (χ0v) is 18.7. The number of hydrogen-bond acceptors (Lipinski definition) is 9. The van der Waals surface area contributed by atoms with E-state index in [1.807, 2.05) is 34.9 Å². The van der Waals surface area contributed by atoms with Gasteiger partial charge in [0, 0.05) is 37.4 Å². The molecule has 34 heavy (non-hydrogen) atoms. The van der Waals surface area contributed by atoms with Crippen LogP contribution in [-0.4, -0.2) is 61.3 Å². The number of nitrogens with zero attached hydrogens (tertiary/aromatic N) is 6. The molecule has 6 N–H and O–H groups in total. The molecule has 4 aromatic rings. The number of carbonyl (C=O) groups is 1. The van der Waals surface area contributed by atoms with Crippen LogP contribution in [0.25, 0.3) is 33.8 Å². The summed E-state index contributed by atoms with van der Waals surface area (Å²) in [6, 6.07) is 9.71. The highest BCUT2D eigenvalue weighted by atomic mass is 16.6. The van der Waals surface area contributed by atoms with Gasteiger partial charge in [0.2, 0.25) is 0 Å². The molecule has 11 nitrogen and oxygen atoms in total. The maximum atomic E-state index is 13.6. The van der Waals surface area contributed by atoms with Gasteiger partial charge in [-0.15, -0.1) is 0 Å². The molecular formula is C23H27N9O2. The highest BCUT2D eigenvalue weighted by Crippen LogP contribution is 2.34. The summed E-state index contributed by atoms with van der Waals surface area (Å²) >= 11 is 0. The van der Waals surface area contributed by atoms with Gasteiger partial charge in [-0.05, 0) is 36.1 Å². The van der Waals surface area contributed by atoms with E-state index in [9.17, 15) is 4.79 Å². The molecular weight excluding hydrogens is 434 g/mol. The standard InChI is InChI=1S/C23H27N9O2/c24-9-4-5-10-32-20-16(23(33)31-11-8-15(25)13-31)12-27-17(14-6-2-1-3-7-14)18(20)28-22(32)19-21(26)30-34-29-19/h1-3,6-7,12,15H,4-5,8-11,13,24-25H2,(H2,26,30). The van der Waals surface area contributed by atoms with Crippen molar-refractivity contribution in [3.05, 3.63) is 42.1 Å². The molecule has 1 aromatic carbocycles. The average molecular weight is 462 g/mol. The SMILES string of the molecule is NCCCCn1c(-c2nonc2N)nc2c(-c3ccccc3)ncc(C(=O)N3CCC(N)C3)c21. The molecule has 0 radical (unpaired) electrons. The highest BCUT2D eigenvalue weighted by molar-refractivity contribution is 6.08. The second-order valence-corrected chi connectivity index (χ2v) is 8.46. The minimum absolute atomic E-state index is 0.0259. The van der Waals surface area contributed by atoms with Crippen LogP contribution in [-0.2, 0) is 6.54 Å². The normalized spacial score (nSPS) is 15.9. The summed E-state index contributed by atoms with van der Waals surface area (Å²) in [6.45, 7) is 2.24. The van der Waals surface area contributed by atoms with Gasteiger partial charge in [-0.2, -0.15) is 0 Å². The number of hydrogen-bond donors (Lipinski definition) is 3. The first-order valence-corrected chi connectivity index (χ1v) is 11.4. The number of nitrogens with two attached hydrogens (primary N) is 3. The topological polar surface area (TPSA) is 168 Å². The third kappa shape index (κ3) is 3.88. The Morgan fingerprint density at radius 2 is 1.97 bits per heavy atom. The first-order chi connectivity index (χ1) is 16.6. The number of pyridine rings is 1. The molecule has 4 heterocycles. The molecule has 1 aliphatic heterocycles. The number of rotatable bonds is 7. The number of amides is 1. The fourth-order valence-corrected chi connectivity index (χ4v) is 4.41. The summed E-state index contributed by atoms with van der Waals surface area (Å²) in [4.78, 5) is 24.9. The maximum Gasteiger partial charge on any atom is 0.257 e. The van der Waals surface area contributed by atoms with Crippen LogP contribution in [0.2, 0.25) is 0 Å². The molecule has 1 amide bonds. The Bertz CT molecular complexity index is 1310. The van der Waals surface area contributed by atoms with E-state index in [-0.39, 0.29) is 17.8 Å². The smallest absolute Gasteiger partial charge is 0.257 e. The molecule has 0 saturated carbocycles. The molecule has 0 spiro atoms. The monoisotopic (exact) mass is 461 g/mol. The van der Waals surface area contributed by atoms with Gasteiger partial charge in [0.1, 0.15) is 5.52 Å². The third-order valence-corrected chi connectivity index (χ3v) is 6.12. The van der Waals surface area contributed by atoms with Crippen molar-refractivity contribution in [1.29, 1.82) is 0 Å². The van der Waals surface area contributed by atoms with Crippen molar-refractivity contribution in [2.45, 2.75) is 31.8 Å². The van der Waals surface area contributed by atoms with Crippen molar-refractivity contribution in [1.82, 2.24) is 29.7 Å². The number of carbonyl (C=O) groups excluding carboxylic acids is 1. The summed E-state index contributed by atoms with van der Waals surface area (Å²) < 4.78 is 6.82. The van der Waals surface area contributed by atoms with E-state index in [1.54, 1.807) is 11.1 Å². The van der Waals surface area contributed by atoms with E-state index >= 15 is 0 Å². The average Bonchev–Trinajstić information content (AvgIpc) is 3.57. The fourth-order valence-electron chi connectivity index (χ4n) is 4.41. The van der Waals surface area contributed by atoms with Crippen molar-refractivity contribution in [3.63, 3.8) is 0 Å². The van der Waals surface area contributed by atoms with Crippen molar-refractivity contribution in [2.24, 2.45) is 11.5 Å². The van der Waals surface area contributed by atoms with E-state index in [1.165, 1.54) is 0 Å². The number of benzene rings is 1. The van der Waals surface area contributed by atoms with Crippen LogP contribution in [0.15, 0.2) is 41.2 Å². The van der Waals surface area contributed by atoms with Crippen LogP contribution in [0.5, 0.6) is 0 Å². The van der Waals surface area contributed by atoms with Crippen LogP contribution in [0.3, 0.4) is 0 Å². The van der Waals surface area contributed by atoms with E-state index in [4.69, 9.17) is 26.8 Å². The van der Waals surface area contributed by atoms with Crippen molar-refractivity contribution in [3.8, 4) is 22.8 Å². The van der Waals surface area contributed by atoms with Crippen LogP contribution in [0, 0.1) is 0 Å². The van der Waals surface area contributed by atoms with Crippen LogP contribution < -0.4 is 17.2 Å². The van der Waals surface area contributed by atoms with E-state index in [2.05, 4.69) is 15.3 Å². The fraction of sp³-hybridized carbons (Fsp3) is 0.348. The molecule has 0 aliphatic carbocycles. The predicted octanol–water partition coefficient (Wildman–Crippen LogP) is 1.64. The van der Waals surface area contributed by atoms with Gasteiger partial charge in [-0.1, -0.05) is 30.3 Å². The Morgan fingerprint density at radius 3 is 2.65 bits per heavy atom. The molecule has 0 bridgehead atoms. The molecule has 11 heteroatoms. The van der Waals surface area contributed by atoms with Crippen LogP contribution >= 0.6 is 0 Å². The number of likely N-dealkylation sites (tertiary alicyclic amines) is 1. The van der Waals surface area contributed by atoms with Crippen LogP contribution in [0.4, 0.5) is 5.82 Å². The third-order valence-electron chi connectivity index (χ3n) is 6.12. The Labute approximate surface area is 195 Å². The summed E-state index contributed by atoms with van der Waals surface area (Å²) in [6.07, 6.45) is 4.00. The van der Waals surface area contributed by atoms with Crippen LogP contribution in [0.1, 0.15) is 29.6 Å². The number of aryl methyl sites for hydroxylation is 1. The molecule has 1 saturated heterocycles.